The molecular weight excluding hydrogens is 234 g/mol. The lowest BCUT2D eigenvalue weighted by Gasteiger charge is -2.25. The second-order valence-corrected chi connectivity index (χ2v) is 6.82. The topological polar surface area (TPSA) is 49.3 Å². The molecule has 0 spiro atoms. The first-order valence-corrected chi connectivity index (χ1v) is 6.61. The van der Waals surface area contributed by atoms with Crippen LogP contribution in [0.5, 0.6) is 0 Å². The van der Waals surface area contributed by atoms with Gasteiger partial charge in [-0.25, -0.2) is 0 Å². The van der Waals surface area contributed by atoms with Crippen LogP contribution in [0.15, 0.2) is 12.1 Å². The highest BCUT2D eigenvalue weighted by Gasteiger charge is 2.20. The van der Waals surface area contributed by atoms with Gasteiger partial charge in [-0.15, -0.1) is 11.3 Å². The molecule has 1 atom stereocenters. The Balaban J connectivity index is 2.60. The summed E-state index contributed by atoms with van der Waals surface area (Å²) in [6.07, 6.45) is 0.763. The van der Waals surface area contributed by atoms with E-state index in [1.54, 1.807) is 0 Å². The van der Waals surface area contributed by atoms with E-state index in [1.807, 2.05) is 19.1 Å². The molecule has 0 saturated heterocycles. The number of aliphatic hydroxyl groups excluding tert-OH is 1. The molecule has 1 heterocycles. The van der Waals surface area contributed by atoms with Crippen LogP contribution in [0, 0.1) is 12.3 Å². The number of thiophene rings is 1. The minimum atomic E-state index is -0.176. The molecule has 0 aliphatic heterocycles. The van der Waals surface area contributed by atoms with Gasteiger partial charge in [0.15, 0.2) is 0 Å². The Hall–Kier alpha value is -0.870. The molecule has 0 aliphatic rings. The lowest BCUT2D eigenvalue weighted by Crippen LogP contribution is -2.39. The van der Waals surface area contributed by atoms with Gasteiger partial charge < -0.3 is 10.4 Å². The Kier molecular flexibility index (Phi) is 4.71. The van der Waals surface area contributed by atoms with Crippen LogP contribution in [-0.4, -0.2) is 23.7 Å². The van der Waals surface area contributed by atoms with Gasteiger partial charge in [0.05, 0.1) is 17.5 Å². The molecule has 1 rings (SSSR count). The number of carbonyl (C=O) groups excluding carboxylic acids is 1. The van der Waals surface area contributed by atoms with Crippen LogP contribution >= 0.6 is 11.3 Å². The van der Waals surface area contributed by atoms with Crippen LogP contribution in [-0.2, 0) is 0 Å². The summed E-state index contributed by atoms with van der Waals surface area (Å²) in [5, 5.41) is 12.2. The average molecular weight is 255 g/mol. The maximum absolute atomic E-state index is 11.9. The molecule has 96 valence electrons. The van der Waals surface area contributed by atoms with Crippen molar-refractivity contribution in [3.63, 3.8) is 0 Å². The lowest BCUT2D eigenvalue weighted by molar-refractivity contribution is 0.0902. The average Bonchev–Trinajstić information content (AvgIpc) is 2.61. The van der Waals surface area contributed by atoms with E-state index >= 15 is 0 Å². The van der Waals surface area contributed by atoms with Crippen LogP contribution in [0.25, 0.3) is 0 Å². The number of aliphatic hydroxyl groups is 1. The predicted octanol–water partition coefficient (Wildman–Crippen LogP) is 2.58. The summed E-state index contributed by atoms with van der Waals surface area (Å²) in [6.45, 7) is 8.23. The van der Waals surface area contributed by atoms with E-state index < -0.39 is 0 Å². The van der Waals surface area contributed by atoms with Gasteiger partial charge >= 0.3 is 0 Å². The molecule has 2 N–H and O–H groups in total. The van der Waals surface area contributed by atoms with Crippen LogP contribution in [0.2, 0.25) is 0 Å². The van der Waals surface area contributed by atoms with E-state index in [2.05, 4.69) is 26.1 Å². The van der Waals surface area contributed by atoms with Gasteiger partial charge in [0, 0.05) is 4.88 Å². The highest BCUT2D eigenvalue weighted by atomic mass is 32.1. The summed E-state index contributed by atoms with van der Waals surface area (Å²) < 4.78 is 0. The molecule has 1 amide bonds. The van der Waals surface area contributed by atoms with E-state index in [-0.39, 0.29) is 24.0 Å². The predicted molar refractivity (Wildman–Crippen MR) is 71.5 cm³/mol. The molecule has 0 radical (unpaired) electrons. The maximum atomic E-state index is 11.9. The zero-order valence-electron chi connectivity index (χ0n) is 10.9. The number of hydrogen-bond acceptors (Lipinski definition) is 3. The Morgan fingerprint density at radius 2 is 2.12 bits per heavy atom. The van der Waals surface area contributed by atoms with Gasteiger partial charge in [-0.05, 0) is 30.9 Å². The molecule has 4 heteroatoms. The Bertz CT molecular complexity index is 379. The van der Waals surface area contributed by atoms with Gasteiger partial charge in [0.1, 0.15) is 0 Å². The first-order valence-electron chi connectivity index (χ1n) is 5.80. The van der Waals surface area contributed by atoms with Gasteiger partial charge in [-0.1, -0.05) is 20.8 Å². The first kappa shape index (κ1) is 14.2. The van der Waals surface area contributed by atoms with Gasteiger partial charge in [-0.2, -0.15) is 0 Å². The maximum Gasteiger partial charge on any atom is 0.261 e. The summed E-state index contributed by atoms with van der Waals surface area (Å²) in [7, 11) is 0. The van der Waals surface area contributed by atoms with Gasteiger partial charge in [0.25, 0.3) is 5.91 Å². The van der Waals surface area contributed by atoms with Crippen molar-refractivity contribution in [3.05, 3.63) is 21.9 Å². The summed E-state index contributed by atoms with van der Waals surface area (Å²) in [5.74, 6) is -0.0913. The van der Waals surface area contributed by atoms with Crippen molar-refractivity contribution in [3.8, 4) is 0 Å². The third kappa shape index (κ3) is 4.88. The summed E-state index contributed by atoms with van der Waals surface area (Å²) in [4.78, 5) is 13.7. The quantitative estimate of drug-likeness (QED) is 0.868. The van der Waals surface area contributed by atoms with Crippen molar-refractivity contribution in [2.24, 2.45) is 5.41 Å². The smallest absolute Gasteiger partial charge is 0.261 e. The standard InChI is InChI=1S/C13H21NO2S/c1-9-5-6-11(17-9)12(16)14-10(8-15)7-13(2,3)4/h5-6,10,15H,7-8H2,1-4H3,(H,14,16). The normalized spacial score (nSPS) is 13.5. The molecule has 1 aromatic rings. The molecule has 0 aromatic carbocycles. The number of hydrogen-bond donors (Lipinski definition) is 2. The molecule has 0 fully saturated rings. The molecule has 1 unspecified atom stereocenters. The van der Waals surface area contributed by atoms with Crippen molar-refractivity contribution in [2.45, 2.75) is 40.2 Å². The van der Waals surface area contributed by atoms with Gasteiger partial charge in [0.2, 0.25) is 0 Å². The highest BCUT2D eigenvalue weighted by molar-refractivity contribution is 7.13. The Morgan fingerprint density at radius 3 is 2.53 bits per heavy atom. The van der Waals surface area contributed by atoms with E-state index in [0.717, 1.165) is 11.3 Å². The molecule has 3 nitrogen and oxygen atoms in total. The number of carbonyl (C=O) groups is 1. The van der Waals surface area contributed by atoms with Crippen molar-refractivity contribution >= 4 is 17.2 Å². The number of aryl methyl sites for hydroxylation is 1. The van der Waals surface area contributed by atoms with Crippen LogP contribution < -0.4 is 5.32 Å². The second-order valence-electron chi connectivity index (χ2n) is 5.53. The fraction of sp³-hybridized carbons (Fsp3) is 0.615. The van der Waals surface area contributed by atoms with Crippen molar-refractivity contribution in [1.82, 2.24) is 5.32 Å². The van der Waals surface area contributed by atoms with Crippen molar-refractivity contribution in [2.75, 3.05) is 6.61 Å². The Labute approximate surface area is 107 Å². The first-order chi connectivity index (χ1) is 7.81. The van der Waals surface area contributed by atoms with Crippen molar-refractivity contribution < 1.29 is 9.90 Å². The largest absolute Gasteiger partial charge is 0.394 e. The third-order valence-corrected chi connectivity index (χ3v) is 3.38. The molecule has 0 saturated carbocycles. The summed E-state index contributed by atoms with van der Waals surface area (Å²) in [6, 6.07) is 3.57. The van der Waals surface area contributed by atoms with E-state index in [1.165, 1.54) is 11.3 Å². The molecule has 0 bridgehead atoms. The monoisotopic (exact) mass is 255 g/mol. The minimum Gasteiger partial charge on any atom is -0.394 e. The summed E-state index contributed by atoms with van der Waals surface area (Å²) >= 11 is 1.47. The highest BCUT2D eigenvalue weighted by Crippen LogP contribution is 2.21. The zero-order chi connectivity index (χ0) is 13.1. The van der Waals surface area contributed by atoms with E-state index in [0.29, 0.717) is 4.88 Å². The Morgan fingerprint density at radius 1 is 1.47 bits per heavy atom. The summed E-state index contributed by atoms with van der Waals surface area (Å²) in [5.41, 5.74) is 0.0893. The fourth-order valence-corrected chi connectivity index (χ4v) is 2.48. The minimum absolute atomic E-state index is 0.0205. The van der Waals surface area contributed by atoms with Crippen LogP contribution in [0.4, 0.5) is 0 Å². The lowest BCUT2D eigenvalue weighted by atomic mass is 9.88. The van der Waals surface area contributed by atoms with Crippen molar-refractivity contribution in [1.29, 1.82) is 0 Å². The van der Waals surface area contributed by atoms with Gasteiger partial charge in [-0.3, -0.25) is 4.79 Å². The third-order valence-electron chi connectivity index (χ3n) is 2.38. The molecular formula is C13H21NO2S. The molecule has 17 heavy (non-hydrogen) atoms. The van der Waals surface area contributed by atoms with E-state index in [4.69, 9.17) is 0 Å². The zero-order valence-corrected chi connectivity index (χ0v) is 11.7. The van der Waals surface area contributed by atoms with E-state index in [9.17, 15) is 9.90 Å². The number of nitrogens with one attached hydrogen (secondary N) is 1. The SMILES string of the molecule is Cc1ccc(C(=O)NC(CO)CC(C)(C)C)s1. The molecule has 1 aromatic heterocycles. The van der Waals surface area contributed by atoms with Crippen LogP contribution in [0.3, 0.4) is 0 Å². The number of rotatable bonds is 4. The fourth-order valence-electron chi connectivity index (χ4n) is 1.71. The molecule has 0 aliphatic carbocycles. The number of amides is 1. The second kappa shape index (κ2) is 5.65. The van der Waals surface area contributed by atoms with Crippen LogP contribution in [0.1, 0.15) is 41.7 Å².